The Bertz CT molecular complexity index is 896. The maximum atomic E-state index is 12.4. The zero-order chi connectivity index (χ0) is 21.4. The quantitative estimate of drug-likeness (QED) is 0.386. The molecule has 0 fully saturated rings. The van der Waals surface area contributed by atoms with Crippen molar-refractivity contribution < 1.29 is 28.7 Å². The van der Waals surface area contributed by atoms with Crippen molar-refractivity contribution in [1.29, 1.82) is 0 Å². The fraction of sp³-hybridized carbons (Fsp3) is 0.200. The van der Waals surface area contributed by atoms with Gasteiger partial charge in [-0.05, 0) is 48.5 Å². The number of hydrogen-bond acceptors (Lipinski definition) is 6. The molecule has 2 rings (SSSR count). The summed E-state index contributed by atoms with van der Waals surface area (Å²) >= 11 is 5.76. The molecule has 0 bridgehead atoms. The Morgan fingerprint density at radius 3 is 2.17 bits per heavy atom. The second-order valence-electron chi connectivity index (χ2n) is 5.89. The standard InChI is InChI=1S/C20H19ClN2O6/c1-12(24)22-18(19(26)23-15-7-9-16(28-2)10-8-15)20(27)29-11-17(25)13-3-5-14(21)6-4-13/h3-10,18H,11H2,1-2H3,(H,22,24)(H,23,26)/t18-/m1/s1. The molecule has 0 aliphatic rings. The van der Waals surface area contributed by atoms with E-state index in [1.807, 2.05) is 0 Å². The predicted octanol–water partition coefficient (Wildman–Crippen LogP) is 2.22. The molecule has 2 amide bonds. The second-order valence-corrected chi connectivity index (χ2v) is 6.33. The lowest BCUT2D eigenvalue weighted by Crippen LogP contribution is -2.49. The Balaban J connectivity index is 2.02. The third-order valence-electron chi connectivity index (χ3n) is 3.71. The summed E-state index contributed by atoms with van der Waals surface area (Å²) in [6, 6.07) is 10.8. The largest absolute Gasteiger partial charge is 0.497 e. The lowest BCUT2D eigenvalue weighted by molar-refractivity contribution is -0.149. The Kier molecular flexibility index (Phi) is 7.73. The number of methoxy groups -OCH3 is 1. The first-order valence-corrected chi connectivity index (χ1v) is 8.85. The Labute approximate surface area is 172 Å². The van der Waals surface area contributed by atoms with Gasteiger partial charge in [-0.15, -0.1) is 0 Å². The highest BCUT2D eigenvalue weighted by molar-refractivity contribution is 6.30. The van der Waals surface area contributed by atoms with Gasteiger partial charge in [0.1, 0.15) is 5.75 Å². The molecule has 1 atom stereocenters. The highest BCUT2D eigenvalue weighted by Crippen LogP contribution is 2.15. The molecule has 9 heteroatoms. The van der Waals surface area contributed by atoms with Crippen LogP contribution in [-0.2, 0) is 19.1 Å². The number of benzene rings is 2. The molecule has 0 saturated carbocycles. The van der Waals surface area contributed by atoms with E-state index < -0.39 is 36.2 Å². The first-order chi connectivity index (χ1) is 13.8. The molecular formula is C20H19ClN2O6. The van der Waals surface area contributed by atoms with E-state index in [0.29, 0.717) is 22.0 Å². The summed E-state index contributed by atoms with van der Waals surface area (Å²) in [5.41, 5.74) is 0.678. The van der Waals surface area contributed by atoms with Gasteiger partial charge in [-0.2, -0.15) is 0 Å². The van der Waals surface area contributed by atoms with Gasteiger partial charge >= 0.3 is 5.97 Å². The van der Waals surface area contributed by atoms with Crippen molar-refractivity contribution in [2.75, 3.05) is 19.0 Å². The van der Waals surface area contributed by atoms with Crippen LogP contribution in [0.1, 0.15) is 17.3 Å². The minimum absolute atomic E-state index is 0.293. The first-order valence-electron chi connectivity index (χ1n) is 8.47. The lowest BCUT2D eigenvalue weighted by atomic mass is 10.1. The van der Waals surface area contributed by atoms with Crippen LogP contribution in [-0.4, -0.2) is 43.3 Å². The first kappa shape index (κ1) is 21.9. The summed E-state index contributed by atoms with van der Waals surface area (Å²) in [5.74, 6) is -2.38. The van der Waals surface area contributed by atoms with E-state index >= 15 is 0 Å². The second kappa shape index (κ2) is 10.2. The van der Waals surface area contributed by atoms with Crippen LogP contribution in [0.3, 0.4) is 0 Å². The minimum Gasteiger partial charge on any atom is -0.497 e. The lowest BCUT2D eigenvalue weighted by Gasteiger charge is -2.16. The van der Waals surface area contributed by atoms with Crippen molar-refractivity contribution in [3.05, 3.63) is 59.1 Å². The summed E-state index contributed by atoms with van der Waals surface area (Å²) < 4.78 is 9.96. The van der Waals surface area contributed by atoms with Crippen molar-refractivity contribution in [3.8, 4) is 5.75 Å². The van der Waals surface area contributed by atoms with Gasteiger partial charge in [0.05, 0.1) is 7.11 Å². The molecule has 2 aromatic carbocycles. The highest BCUT2D eigenvalue weighted by atomic mass is 35.5. The van der Waals surface area contributed by atoms with E-state index in [-0.39, 0.29) is 0 Å². The van der Waals surface area contributed by atoms with Gasteiger partial charge in [0.25, 0.3) is 5.91 Å². The number of rotatable bonds is 8. The number of carbonyl (C=O) groups is 4. The van der Waals surface area contributed by atoms with Gasteiger partial charge in [0.15, 0.2) is 12.4 Å². The van der Waals surface area contributed by atoms with Gasteiger partial charge in [0, 0.05) is 23.2 Å². The Morgan fingerprint density at radius 1 is 1.00 bits per heavy atom. The molecule has 152 valence electrons. The third kappa shape index (κ3) is 6.62. The smallest absolute Gasteiger partial charge is 0.339 e. The number of nitrogens with one attached hydrogen (secondary N) is 2. The summed E-state index contributed by atoms with van der Waals surface area (Å²) in [4.78, 5) is 48.3. The van der Waals surface area contributed by atoms with E-state index in [1.54, 1.807) is 24.3 Å². The van der Waals surface area contributed by atoms with Crippen LogP contribution in [0, 0.1) is 0 Å². The summed E-state index contributed by atoms with van der Waals surface area (Å²) in [7, 11) is 1.50. The van der Waals surface area contributed by atoms with Gasteiger partial charge in [0.2, 0.25) is 11.9 Å². The van der Waals surface area contributed by atoms with E-state index in [4.69, 9.17) is 21.1 Å². The van der Waals surface area contributed by atoms with Crippen molar-refractivity contribution in [3.63, 3.8) is 0 Å². The molecule has 2 aromatic rings. The predicted molar refractivity (Wildman–Crippen MR) is 106 cm³/mol. The molecule has 0 aliphatic carbocycles. The van der Waals surface area contributed by atoms with Gasteiger partial charge in [-0.3, -0.25) is 14.4 Å². The SMILES string of the molecule is COc1ccc(NC(=O)[C@@H](NC(C)=O)C(=O)OCC(=O)c2ccc(Cl)cc2)cc1. The summed E-state index contributed by atoms with van der Waals surface area (Å²) in [6.45, 7) is 0.562. The van der Waals surface area contributed by atoms with Crippen molar-refractivity contribution >= 4 is 40.9 Å². The van der Waals surface area contributed by atoms with Crippen LogP contribution < -0.4 is 15.4 Å². The number of amides is 2. The molecule has 0 aliphatic heterocycles. The molecule has 0 spiro atoms. The fourth-order valence-electron chi connectivity index (χ4n) is 2.26. The molecule has 29 heavy (non-hydrogen) atoms. The Morgan fingerprint density at radius 2 is 1.62 bits per heavy atom. The van der Waals surface area contributed by atoms with Gasteiger partial charge in [-0.25, -0.2) is 4.79 Å². The number of ether oxygens (including phenoxy) is 2. The molecule has 0 heterocycles. The van der Waals surface area contributed by atoms with Crippen LogP contribution in [0.25, 0.3) is 0 Å². The normalized spacial score (nSPS) is 11.1. The number of carbonyl (C=O) groups excluding carboxylic acids is 4. The van der Waals surface area contributed by atoms with Gasteiger partial charge in [-0.1, -0.05) is 11.6 Å². The van der Waals surface area contributed by atoms with Crippen LogP contribution in [0.2, 0.25) is 5.02 Å². The molecule has 0 saturated heterocycles. The van der Waals surface area contributed by atoms with Crippen LogP contribution in [0.4, 0.5) is 5.69 Å². The zero-order valence-corrected chi connectivity index (χ0v) is 16.5. The number of halogens is 1. The minimum atomic E-state index is -1.62. The monoisotopic (exact) mass is 418 g/mol. The molecule has 8 nitrogen and oxygen atoms in total. The van der Waals surface area contributed by atoms with Crippen LogP contribution in [0.15, 0.2) is 48.5 Å². The maximum absolute atomic E-state index is 12.4. The van der Waals surface area contributed by atoms with Crippen molar-refractivity contribution in [2.45, 2.75) is 13.0 Å². The Hall–Kier alpha value is -3.39. The molecular weight excluding hydrogens is 400 g/mol. The number of hydrogen-bond donors (Lipinski definition) is 2. The molecule has 2 N–H and O–H groups in total. The van der Waals surface area contributed by atoms with E-state index in [2.05, 4.69) is 10.6 Å². The third-order valence-corrected chi connectivity index (χ3v) is 3.97. The van der Waals surface area contributed by atoms with E-state index in [1.165, 1.54) is 31.4 Å². The van der Waals surface area contributed by atoms with E-state index in [0.717, 1.165) is 6.92 Å². The average molecular weight is 419 g/mol. The van der Waals surface area contributed by atoms with Crippen molar-refractivity contribution in [1.82, 2.24) is 5.32 Å². The van der Waals surface area contributed by atoms with Crippen LogP contribution >= 0.6 is 11.6 Å². The fourth-order valence-corrected chi connectivity index (χ4v) is 2.39. The number of Topliss-reactive ketones (excluding diaryl/α,β-unsaturated/α-hetero) is 1. The highest BCUT2D eigenvalue weighted by Gasteiger charge is 2.30. The van der Waals surface area contributed by atoms with Crippen molar-refractivity contribution in [2.24, 2.45) is 0 Å². The average Bonchev–Trinajstić information content (AvgIpc) is 2.70. The maximum Gasteiger partial charge on any atom is 0.339 e. The number of esters is 1. The number of ketones is 1. The number of anilines is 1. The zero-order valence-electron chi connectivity index (χ0n) is 15.7. The summed E-state index contributed by atoms with van der Waals surface area (Å²) in [6.07, 6.45) is 0. The van der Waals surface area contributed by atoms with Crippen LogP contribution in [0.5, 0.6) is 5.75 Å². The van der Waals surface area contributed by atoms with E-state index in [9.17, 15) is 19.2 Å². The van der Waals surface area contributed by atoms with Gasteiger partial charge < -0.3 is 20.1 Å². The molecule has 0 aromatic heterocycles. The topological polar surface area (TPSA) is 111 Å². The summed E-state index contributed by atoms with van der Waals surface area (Å²) in [5, 5.41) is 5.17. The molecule has 0 radical (unpaired) electrons. The molecule has 0 unspecified atom stereocenters.